The summed E-state index contributed by atoms with van der Waals surface area (Å²) in [4.78, 5) is 16.7. The van der Waals surface area contributed by atoms with Crippen LogP contribution in [0.15, 0.2) is 41.2 Å². The lowest BCUT2D eigenvalue weighted by atomic mass is 10.2. The third kappa shape index (κ3) is 2.14. The summed E-state index contributed by atoms with van der Waals surface area (Å²) in [6.07, 6.45) is 0. The van der Waals surface area contributed by atoms with Crippen LogP contribution >= 0.6 is 0 Å². The van der Waals surface area contributed by atoms with Gasteiger partial charge in [0.2, 0.25) is 0 Å². The van der Waals surface area contributed by atoms with Gasteiger partial charge in [0.15, 0.2) is 11.6 Å². The fraction of sp³-hybridized carbons (Fsp3) is 0.0667. The Balaban J connectivity index is 2.36. The minimum Gasteiger partial charge on any atom is -0.399 e. The maximum Gasteiger partial charge on any atom is 0.266 e. The Labute approximate surface area is 118 Å². The van der Waals surface area contributed by atoms with Crippen LogP contribution in [0, 0.1) is 18.6 Å². The Bertz CT molecular complexity index is 901. The molecule has 2 aromatic carbocycles. The van der Waals surface area contributed by atoms with Gasteiger partial charge in [0.1, 0.15) is 5.82 Å². The summed E-state index contributed by atoms with van der Waals surface area (Å²) in [6, 6.07) is 8.42. The number of hydrogen-bond acceptors (Lipinski definition) is 3. The zero-order valence-electron chi connectivity index (χ0n) is 11.1. The number of aryl methyl sites for hydroxylation is 1. The molecule has 6 heteroatoms. The normalized spacial score (nSPS) is 11.0. The molecular formula is C15H11F2N3O. The molecule has 2 N–H and O–H groups in total. The zero-order chi connectivity index (χ0) is 15.1. The van der Waals surface area contributed by atoms with E-state index in [4.69, 9.17) is 5.73 Å². The van der Waals surface area contributed by atoms with E-state index in [0.29, 0.717) is 17.2 Å². The number of nitrogen functional groups attached to an aromatic ring is 1. The average molecular weight is 287 g/mol. The molecule has 1 aromatic heterocycles. The van der Waals surface area contributed by atoms with Crippen LogP contribution < -0.4 is 11.3 Å². The number of benzene rings is 2. The van der Waals surface area contributed by atoms with Crippen molar-refractivity contribution in [3.8, 4) is 5.69 Å². The highest BCUT2D eigenvalue weighted by atomic mass is 19.2. The van der Waals surface area contributed by atoms with Crippen LogP contribution in [0.1, 0.15) is 5.82 Å². The predicted octanol–water partition coefficient (Wildman–Crippen LogP) is 2.55. The highest BCUT2D eigenvalue weighted by Gasteiger charge is 2.13. The molecule has 3 aromatic rings. The van der Waals surface area contributed by atoms with Crippen LogP contribution in [-0.4, -0.2) is 9.55 Å². The van der Waals surface area contributed by atoms with E-state index in [1.807, 2.05) is 0 Å². The molecular weight excluding hydrogens is 276 g/mol. The van der Waals surface area contributed by atoms with Gasteiger partial charge in [-0.15, -0.1) is 0 Å². The summed E-state index contributed by atoms with van der Waals surface area (Å²) in [5.74, 6) is -1.73. The molecule has 0 amide bonds. The van der Waals surface area contributed by atoms with Gasteiger partial charge in [-0.3, -0.25) is 9.36 Å². The molecule has 0 aliphatic rings. The molecule has 0 saturated heterocycles. The fourth-order valence-corrected chi connectivity index (χ4v) is 2.22. The van der Waals surface area contributed by atoms with E-state index in [1.54, 1.807) is 31.2 Å². The van der Waals surface area contributed by atoms with Crippen molar-refractivity contribution < 1.29 is 8.78 Å². The van der Waals surface area contributed by atoms with Gasteiger partial charge in [0.05, 0.1) is 16.6 Å². The number of rotatable bonds is 1. The van der Waals surface area contributed by atoms with Crippen molar-refractivity contribution in [2.45, 2.75) is 6.92 Å². The third-order valence-corrected chi connectivity index (χ3v) is 3.23. The van der Waals surface area contributed by atoms with E-state index >= 15 is 0 Å². The van der Waals surface area contributed by atoms with Crippen molar-refractivity contribution in [2.75, 3.05) is 5.73 Å². The minimum absolute atomic E-state index is 0.0244. The maximum atomic E-state index is 13.3. The molecule has 21 heavy (non-hydrogen) atoms. The first-order chi connectivity index (χ1) is 9.97. The number of hydrogen-bond donors (Lipinski definition) is 1. The van der Waals surface area contributed by atoms with Crippen molar-refractivity contribution in [1.29, 1.82) is 0 Å². The number of fused-ring (bicyclic) bond motifs is 1. The van der Waals surface area contributed by atoms with Gasteiger partial charge in [-0.2, -0.15) is 0 Å². The van der Waals surface area contributed by atoms with Gasteiger partial charge in [-0.1, -0.05) is 0 Å². The van der Waals surface area contributed by atoms with E-state index in [0.717, 1.165) is 12.1 Å². The predicted molar refractivity (Wildman–Crippen MR) is 76.4 cm³/mol. The Morgan fingerprint density at radius 3 is 2.38 bits per heavy atom. The van der Waals surface area contributed by atoms with Crippen molar-refractivity contribution in [2.24, 2.45) is 0 Å². The number of nitrogens with zero attached hydrogens (tertiary/aromatic N) is 2. The highest BCUT2D eigenvalue weighted by molar-refractivity contribution is 5.78. The monoisotopic (exact) mass is 287 g/mol. The smallest absolute Gasteiger partial charge is 0.266 e. The molecule has 0 bridgehead atoms. The van der Waals surface area contributed by atoms with E-state index in [-0.39, 0.29) is 10.9 Å². The van der Waals surface area contributed by atoms with Gasteiger partial charge in [0, 0.05) is 11.8 Å². The molecule has 4 nitrogen and oxygen atoms in total. The van der Waals surface area contributed by atoms with E-state index in [1.165, 1.54) is 4.57 Å². The zero-order valence-corrected chi connectivity index (χ0v) is 11.1. The van der Waals surface area contributed by atoms with E-state index < -0.39 is 17.2 Å². The molecule has 0 aliphatic heterocycles. The topological polar surface area (TPSA) is 60.9 Å². The van der Waals surface area contributed by atoms with Crippen LogP contribution in [0.5, 0.6) is 0 Å². The molecule has 0 aliphatic carbocycles. The van der Waals surface area contributed by atoms with Crippen molar-refractivity contribution in [3.05, 3.63) is 64.2 Å². The lowest BCUT2D eigenvalue weighted by Crippen LogP contribution is -2.22. The van der Waals surface area contributed by atoms with Crippen LogP contribution in [0.2, 0.25) is 0 Å². The van der Waals surface area contributed by atoms with Crippen LogP contribution in [0.3, 0.4) is 0 Å². The summed E-state index contributed by atoms with van der Waals surface area (Å²) in [7, 11) is 0. The Hall–Kier alpha value is -2.76. The largest absolute Gasteiger partial charge is 0.399 e. The third-order valence-electron chi connectivity index (χ3n) is 3.23. The van der Waals surface area contributed by atoms with Crippen LogP contribution in [0.25, 0.3) is 16.6 Å². The second kappa shape index (κ2) is 4.66. The quantitative estimate of drug-likeness (QED) is 0.700. The molecule has 0 atom stereocenters. The number of nitrogens with two attached hydrogens (primary N) is 1. The summed E-state index contributed by atoms with van der Waals surface area (Å²) in [5.41, 5.74) is 6.41. The minimum atomic E-state index is -1.07. The molecule has 0 saturated carbocycles. The summed E-state index contributed by atoms with van der Waals surface area (Å²) < 4.78 is 27.9. The van der Waals surface area contributed by atoms with Gasteiger partial charge in [-0.05, 0) is 37.3 Å². The van der Waals surface area contributed by atoms with Crippen molar-refractivity contribution >= 4 is 16.6 Å². The molecule has 3 rings (SSSR count). The second-order valence-corrected chi connectivity index (χ2v) is 4.67. The standard InChI is InChI=1S/C15H11F2N3O/c1-8-19-14-7-13(17)12(16)6-11(14)15(21)20(8)10-4-2-9(18)3-5-10/h2-7H,18H2,1H3. The number of aromatic nitrogens is 2. The summed E-state index contributed by atoms with van der Waals surface area (Å²) in [5, 5.41) is 0.0244. The molecule has 0 unspecified atom stereocenters. The Kier molecular flexibility index (Phi) is 2.94. The van der Waals surface area contributed by atoms with Gasteiger partial charge in [0.25, 0.3) is 5.56 Å². The summed E-state index contributed by atoms with van der Waals surface area (Å²) in [6.45, 7) is 1.62. The van der Waals surface area contributed by atoms with E-state index in [2.05, 4.69) is 4.98 Å². The van der Waals surface area contributed by atoms with Crippen molar-refractivity contribution in [1.82, 2.24) is 9.55 Å². The van der Waals surface area contributed by atoms with Gasteiger partial charge in [-0.25, -0.2) is 13.8 Å². The average Bonchev–Trinajstić information content (AvgIpc) is 2.43. The fourth-order valence-electron chi connectivity index (χ4n) is 2.22. The molecule has 106 valence electrons. The second-order valence-electron chi connectivity index (χ2n) is 4.67. The lowest BCUT2D eigenvalue weighted by molar-refractivity contribution is 0.510. The molecule has 0 radical (unpaired) electrons. The molecule has 1 heterocycles. The van der Waals surface area contributed by atoms with Crippen molar-refractivity contribution in [3.63, 3.8) is 0 Å². The van der Waals surface area contributed by atoms with E-state index in [9.17, 15) is 13.6 Å². The SMILES string of the molecule is Cc1nc2cc(F)c(F)cc2c(=O)n1-c1ccc(N)cc1. The first kappa shape index (κ1) is 13.2. The lowest BCUT2D eigenvalue weighted by Gasteiger charge is -2.11. The molecule has 0 spiro atoms. The molecule has 0 fully saturated rings. The van der Waals surface area contributed by atoms with Crippen LogP contribution in [0.4, 0.5) is 14.5 Å². The highest BCUT2D eigenvalue weighted by Crippen LogP contribution is 2.17. The number of halogens is 2. The number of anilines is 1. The summed E-state index contributed by atoms with van der Waals surface area (Å²) >= 11 is 0. The van der Waals surface area contributed by atoms with Gasteiger partial charge < -0.3 is 5.73 Å². The maximum absolute atomic E-state index is 13.3. The Morgan fingerprint density at radius 2 is 1.71 bits per heavy atom. The first-order valence-corrected chi connectivity index (χ1v) is 6.21. The Morgan fingerprint density at radius 1 is 1.10 bits per heavy atom. The van der Waals surface area contributed by atoms with Gasteiger partial charge >= 0.3 is 0 Å². The first-order valence-electron chi connectivity index (χ1n) is 6.21. The van der Waals surface area contributed by atoms with Crippen LogP contribution in [-0.2, 0) is 0 Å².